The van der Waals surface area contributed by atoms with Crippen LogP contribution in [0.5, 0.6) is 0 Å². The van der Waals surface area contributed by atoms with Crippen molar-refractivity contribution < 1.29 is 0 Å². The predicted molar refractivity (Wildman–Crippen MR) is 117 cm³/mol. The van der Waals surface area contributed by atoms with Crippen molar-refractivity contribution in [3.63, 3.8) is 0 Å². The van der Waals surface area contributed by atoms with Crippen molar-refractivity contribution in [2.24, 2.45) is 21.9 Å². The summed E-state index contributed by atoms with van der Waals surface area (Å²) in [4.78, 5) is 9.00. The van der Waals surface area contributed by atoms with Gasteiger partial charge in [0.05, 0.1) is 5.69 Å². The number of nitriles is 1. The van der Waals surface area contributed by atoms with Gasteiger partial charge in [0.1, 0.15) is 11.8 Å². The minimum absolute atomic E-state index is 0.0722. The highest BCUT2D eigenvalue weighted by molar-refractivity contribution is 6.11. The molecule has 0 atom stereocenters. The zero-order valence-electron chi connectivity index (χ0n) is 16.5. The van der Waals surface area contributed by atoms with Crippen LogP contribution >= 0.6 is 0 Å². The van der Waals surface area contributed by atoms with Crippen LogP contribution in [-0.2, 0) is 0 Å². The van der Waals surface area contributed by atoms with E-state index in [0.29, 0.717) is 23.6 Å². The number of pyridine rings is 1. The molecule has 1 heterocycles. The third-order valence-electron chi connectivity index (χ3n) is 3.93. The number of hydrogen-bond acceptors (Lipinski definition) is 6. The first-order valence-corrected chi connectivity index (χ1v) is 8.90. The molecule has 0 saturated heterocycles. The van der Waals surface area contributed by atoms with Gasteiger partial charge in [0, 0.05) is 41.3 Å². The lowest BCUT2D eigenvalue weighted by Crippen LogP contribution is -2.09. The molecule has 0 aliphatic rings. The molecular weight excluding hydrogens is 348 g/mol. The van der Waals surface area contributed by atoms with Crippen LogP contribution in [0.3, 0.4) is 0 Å². The second-order valence-electron chi connectivity index (χ2n) is 7.56. The van der Waals surface area contributed by atoms with Crippen LogP contribution in [0.4, 0.5) is 5.69 Å². The molecule has 2 aromatic rings. The first-order valence-electron chi connectivity index (χ1n) is 8.90. The first kappa shape index (κ1) is 20.7. The van der Waals surface area contributed by atoms with Crippen molar-refractivity contribution in [3.8, 4) is 17.3 Å². The Morgan fingerprint density at radius 3 is 2.54 bits per heavy atom. The molecule has 1 aromatic heterocycles. The van der Waals surface area contributed by atoms with Gasteiger partial charge in [-0.15, -0.1) is 0 Å². The SMILES string of the molecule is CC(C)(C)CN=C/C(=C\N)c1ccc(C#N)nc1-c1ccc(/C=C\N)c(N)c1. The summed E-state index contributed by atoms with van der Waals surface area (Å²) in [7, 11) is 0. The van der Waals surface area contributed by atoms with E-state index in [9.17, 15) is 5.26 Å². The van der Waals surface area contributed by atoms with Gasteiger partial charge in [-0.1, -0.05) is 32.9 Å². The number of rotatable bonds is 5. The third-order valence-corrected chi connectivity index (χ3v) is 3.93. The molecule has 0 saturated carbocycles. The normalized spacial score (nSPS) is 12.6. The number of aliphatic imine (C=N–C) groups is 1. The van der Waals surface area contributed by atoms with Crippen molar-refractivity contribution in [1.82, 2.24) is 4.98 Å². The molecule has 144 valence electrons. The number of anilines is 1. The third kappa shape index (κ3) is 5.21. The summed E-state index contributed by atoms with van der Waals surface area (Å²) in [6.45, 7) is 7.01. The van der Waals surface area contributed by atoms with Crippen molar-refractivity contribution in [3.05, 3.63) is 59.6 Å². The standard InChI is InChI=1S/C22H26N6/c1-22(2,3)14-27-13-17(11-24)19-7-6-18(12-25)28-21(19)16-5-4-15(8-9-23)20(26)10-16/h4-11,13H,14,23-24,26H2,1-3H3/b9-8-,17-11+,27-13?. The summed E-state index contributed by atoms with van der Waals surface area (Å²) in [6.07, 6.45) is 6.40. The van der Waals surface area contributed by atoms with E-state index in [2.05, 4.69) is 36.8 Å². The molecule has 0 aliphatic carbocycles. The fourth-order valence-corrected chi connectivity index (χ4v) is 2.57. The van der Waals surface area contributed by atoms with Gasteiger partial charge in [-0.05, 0) is 41.5 Å². The Morgan fingerprint density at radius 2 is 1.96 bits per heavy atom. The maximum Gasteiger partial charge on any atom is 0.141 e. The van der Waals surface area contributed by atoms with E-state index >= 15 is 0 Å². The van der Waals surface area contributed by atoms with Gasteiger partial charge >= 0.3 is 0 Å². The Balaban J connectivity index is 2.55. The zero-order chi connectivity index (χ0) is 20.7. The highest BCUT2D eigenvalue weighted by atomic mass is 14.7. The molecule has 6 heteroatoms. The second-order valence-corrected chi connectivity index (χ2v) is 7.56. The Morgan fingerprint density at radius 1 is 1.21 bits per heavy atom. The number of nitrogen functional groups attached to an aromatic ring is 1. The number of allylic oxidation sites excluding steroid dienone is 1. The van der Waals surface area contributed by atoms with Crippen LogP contribution < -0.4 is 17.2 Å². The molecule has 0 aliphatic heterocycles. The number of aromatic nitrogens is 1. The van der Waals surface area contributed by atoms with E-state index in [0.717, 1.165) is 22.3 Å². The zero-order valence-corrected chi connectivity index (χ0v) is 16.5. The van der Waals surface area contributed by atoms with E-state index in [1.807, 2.05) is 24.3 Å². The summed E-state index contributed by atoms with van der Waals surface area (Å²) in [6, 6.07) is 11.1. The van der Waals surface area contributed by atoms with Crippen LogP contribution in [-0.4, -0.2) is 17.7 Å². The Bertz CT molecular complexity index is 971. The van der Waals surface area contributed by atoms with Crippen LogP contribution in [0.15, 0.2) is 47.7 Å². The molecule has 0 amide bonds. The molecule has 6 N–H and O–H groups in total. The average molecular weight is 374 g/mol. The van der Waals surface area contributed by atoms with Gasteiger partial charge in [0.2, 0.25) is 0 Å². The Hall–Kier alpha value is -3.59. The summed E-state index contributed by atoms with van der Waals surface area (Å²) in [5, 5.41) is 9.27. The quantitative estimate of drug-likeness (QED) is 0.545. The highest BCUT2D eigenvalue weighted by Crippen LogP contribution is 2.30. The van der Waals surface area contributed by atoms with E-state index in [1.165, 1.54) is 12.4 Å². The van der Waals surface area contributed by atoms with Crippen molar-refractivity contribution in [2.45, 2.75) is 20.8 Å². The Labute approximate surface area is 166 Å². The minimum atomic E-state index is 0.0722. The number of nitrogens with zero attached hydrogens (tertiary/aromatic N) is 3. The van der Waals surface area contributed by atoms with Crippen LogP contribution in [0.1, 0.15) is 37.6 Å². The lowest BCUT2D eigenvalue weighted by Gasteiger charge is -2.15. The van der Waals surface area contributed by atoms with E-state index in [4.69, 9.17) is 17.2 Å². The maximum absolute atomic E-state index is 9.27. The molecule has 0 radical (unpaired) electrons. The summed E-state index contributed by atoms with van der Waals surface area (Å²) in [5.74, 6) is 0. The smallest absolute Gasteiger partial charge is 0.141 e. The van der Waals surface area contributed by atoms with Gasteiger partial charge < -0.3 is 17.2 Å². The molecule has 6 nitrogen and oxygen atoms in total. The molecule has 0 fully saturated rings. The van der Waals surface area contributed by atoms with E-state index in [1.54, 1.807) is 18.4 Å². The first-order chi connectivity index (χ1) is 13.3. The molecule has 2 rings (SSSR count). The summed E-state index contributed by atoms with van der Waals surface area (Å²) < 4.78 is 0. The lowest BCUT2D eigenvalue weighted by molar-refractivity contribution is 0.430. The number of hydrogen-bond donors (Lipinski definition) is 3. The topological polar surface area (TPSA) is 127 Å². The molecule has 1 aromatic carbocycles. The van der Waals surface area contributed by atoms with Crippen molar-refractivity contribution in [1.29, 1.82) is 5.26 Å². The Kier molecular flexibility index (Phi) is 6.56. The summed E-state index contributed by atoms with van der Waals surface area (Å²) >= 11 is 0. The van der Waals surface area contributed by atoms with E-state index < -0.39 is 0 Å². The fraction of sp³-hybridized carbons (Fsp3) is 0.227. The summed E-state index contributed by atoms with van der Waals surface area (Å²) in [5.41, 5.74) is 22.1. The molecule has 0 spiro atoms. The van der Waals surface area contributed by atoms with Crippen LogP contribution in [0, 0.1) is 16.7 Å². The van der Waals surface area contributed by atoms with E-state index in [-0.39, 0.29) is 5.41 Å². The largest absolute Gasteiger partial charge is 0.405 e. The lowest BCUT2D eigenvalue weighted by atomic mass is 9.96. The van der Waals surface area contributed by atoms with Gasteiger partial charge in [-0.3, -0.25) is 4.99 Å². The second kappa shape index (κ2) is 8.87. The fourth-order valence-electron chi connectivity index (χ4n) is 2.57. The number of nitrogens with two attached hydrogens (primary N) is 3. The van der Waals surface area contributed by atoms with Crippen molar-refractivity contribution >= 4 is 23.6 Å². The monoisotopic (exact) mass is 374 g/mol. The molecule has 28 heavy (non-hydrogen) atoms. The molecule has 0 unspecified atom stereocenters. The molecule has 0 bridgehead atoms. The van der Waals surface area contributed by atoms with Gasteiger partial charge in [-0.25, -0.2) is 4.98 Å². The van der Waals surface area contributed by atoms with Gasteiger partial charge in [0.25, 0.3) is 0 Å². The van der Waals surface area contributed by atoms with Gasteiger partial charge in [-0.2, -0.15) is 5.26 Å². The minimum Gasteiger partial charge on any atom is -0.405 e. The highest BCUT2D eigenvalue weighted by Gasteiger charge is 2.13. The van der Waals surface area contributed by atoms with Crippen molar-refractivity contribution in [2.75, 3.05) is 12.3 Å². The van der Waals surface area contributed by atoms with Gasteiger partial charge in [0.15, 0.2) is 0 Å². The van der Waals surface area contributed by atoms with Crippen LogP contribution in [0.2, 0.25) is 0 Å². The predicted octanol–water partition coefficient (Wildman–Crippen LogP) is 3.55. The number of benzene rings is 1. The maximum atomic E-state index is 9.27. The average Bonchev–Trinajstić information content (AvgIpc) is 2.66. The molecular formula is C22H26N6. The van der Waals surface area contributed by atoms with Crippen LogP contribution in [0.25, 0.3) is 22.9 Å².